The average Bonchev–Trinajstić information content (AvgIpc) is 2.05. The van der Waals surface area contributed by atoms with Crippen molar-refractivity contribution in [1.82, 2.24) is 0 Å². The van der Waals surface area contributed by atoms with Crippen LogP contribution in [0.5, 0.6) is 0 Å². The SMILES string of the molecule is Cc1ccc(C(C)C)cc1CF. The maximum Gasteiger partial charge on any atom is 0.115 e. The maximum atomic E-state index is 12.4. The Morgan fingerprint density at radius 2 is 2.00 bits per heavy atom. The van der Waals surface area contributed by atoms with Gasteiger partial charge < -0.3 is 0 Å². The van der Waals surface area contributed by atoms with Crippen molar-refractivity contribution in [2.75, 3.05) is 0 Å². The summed E-state index contributed by atoms with van der Waals surface area (Å²) in [6, 6.07) is 6.02. The van der Waals surface area contributed by atoms with Crippen LogP contribution in [-0.2, 0) is 6.67 Å². The molecule has 1 rings (SSSR count). The Labute approximate surface area is 73.4 Å². The topological polar surface area (TPSA) is 0 Å². The molecule has 0 saturated carbocycles. The molecule has 1 heteroatoms. The largest absolute Gasteiger partial charge is 0.246 e. The molecule has 0 aromatic heterocycles. The zero-order valence-corrected chi connectivity index (χ0v) is 7.89. The third kappa shape index (κ3) is 1.84. The van der Waals surface area contributed by atoms with Gasteiger partial charge in [-0.15, -0.1) is 0 Å². The summed E-state index contributed by atoms with van der Waals surface area (Å²) in [7, 11) is 0. The van der Waals surface area contributed by atoms with Gasteiger partial charge in [-0.2, -0.15) is 0 Å². The van der Waals surface area contributed by atoms with Gasteiger partial charge in [0, 0.05) is 0 Å². The molecule has 0 aliphatic rings. The quantitative estimate of drug-likeness (QED) is 0.629. The maximum absolute atomic E-state index is 12.4. The predicted molar refractivity (Wildman–Crippen MR) is 50.1 cm³/mol. The first-order valence-electron chi connectivity index (χ1n) is 4.30. The highest BCUT2D eigenvalue weighted by atomic mass is 19.1. The van der Waals surface area contributed by atoms with Crippen LogP contribution in [0.25, 0.3) is 0 Å². The van der Waals surface area contributed by atoms with Gasteiger partial charge in [0.2, 0.25) is 0 Å². The van der Waals surface area contributed by atoms with Gasteiger partial charge in [-0.25, -0.2) is 4.39 Å². The summed E-state index contributed by atoms with van der Waals surface area (Å²) in [5.74, 6) is 0.482. The van der Waals surface area contributed by atoms with Crippen molar-refractivity contribution in [3.8, 4) is 0 Å². The summed E-state index contributed by atoms with van der Waals surface area (Å²) < 4.78 is 12.4. The van der Waals surface area contributed by atoms with E-state index in [9.17, 15) is 4.39 Å². The standard InChI is InChI=1S/C11H15F/c1-8(2)10-5-4-9(3)11(6-10)7-12/h4-6,8H,7H2,1-3H3. The minimum atomic E-state index is -0.355. The number of hydrogen-bond donors (Lipinski definition) is 0. The summed E-state index contributed by atoms with van der Waals surface area (Å²) in [5.41, 5.74) is 3.08. The lowest BCUT2D eigenvalue weighted by molar-refractivity contribution is 0.483. The van der Waals surface area contributed by atoms with Crippen molar-refractivity contribution < 1.29 is 4.39 Å². The molecule has 0 spiro atoms. The van der Waals surface area contributed by atoms with Crippen LogP contribution in [0.3, 0.4) is 0 Å². The third-order valence-electron chi connectivity index (χ3n) is 2.18. The molecule has 1 aromatic rings. The second-order valence-electron chi connectivity index (χ2n) is 3.47. The first kappa shape index (κ1) is 9.24. The van der Waals surface area contributed by atoms with Crippen molar-refractivity contribution in [1.29, 1.82) is 0 Å². The second kappa shape index (κ2) is 3.70. The Balaban J connectivity index is 3.05. The van der Waals surface area contributed by atoms with Gasteiger partial charge >= 0.3 is 0 Å². The van der Waals surface area contributed by atoms with E-state index in [4.69, 9.17) is 0 Å². The molecule has 0 N–H and O–H groups in total. The molecule has 0 heterocycles. The van der Waals surface area contributed by atoms with Crippen LogP contribution in [0.1, 0.15) is 36.5 Å². The van der Waals surface area contributed by atoms with Crippen molar-refractivity contribution in [3.63, 3.8) is 0 Å². The van der Waals surface area contributed by atoms with E-state index in [0.29, 0.717) is 5.92 Å². The lowest BCUT2D eigenvalue weighted by atomic mass is 9.98. The Morgan fingerprint density at radius 1 is 1.33 bits per heavy atom. The zero-order valence-electron chi connectivity index (χ0n) is 7.89. The van der Waals surface area contributed by atoms with E-state index >= 15 is 0 Å². The number of rotatable bonds is 2. The molecule has 0 fully saturated rings. The minimum absolute atomic E-state index is 0.355. The highest BCUT2D eigenvalue weighted by molar-refractivity contribution is 5.32. The lowest BCUT2D eigenvalue weighted by Gasteiger charge is -2.08. The van der Waals surface area contributed by atoms with Gasteiger partial charge in [-0.3, -0.25) is 0 Å². The van der Waals surface area contributed by atoms with E-state index in [1.165, 1.54) is 5.56 Å². The molecule has 0 bridgehead atoms. The third-order valence-corrected chi connectivity index (χ3v) is 2.18. The molecule has 1 aromatic carbocycles. The highest BCUT2D eigenvalue weighted by Gasteiger charge is 2.02. The molecule has 0 nitrogen and oxygen atoms in total. The molecule has 0 unspecified atom stereocenters. The van der Waals surface area contributed by atoms with Crippen LogP contribution in [0, 0.1) is 6.92 Å². The normalized spacial score (nSPS) is 10.8. The van der Waals surface area contributed by atoms with E-state index in [2.05, 4.69) is 19.9 Å². The highest BCUT2D eigenvalue weighted by Crippen LogP contribution is 2.18. The Bertz CT molecular complexity index is 264. The van der Waals surface area contributed by atoms with Crippen LogP contribution < -0.4 is 0 Å². The van der Waals surface area contributed by atoms with E-state index in [1.807, 2.05) is 19.1 Å². The summed E-state index contributed by atoms with van der Waals surface area (Å²) in [6.07, 6.45) is 0. The van der Waals surface area contributed by atoms with Crippen molar-refractivity contribution in [2.45, 2.75) is 33.4 Å². The van der Waals surface area contributed by atoms with Crippen molar-refractivity contribution >= 4 is 0 Å². The van der Waals surface area contributed by atoms with Crippen LogP contribution in [0.2, 0.25) is 0 Å². The number of hydrogen-bond acceptors (Lipinski definition) is 0. The average molecular weight is 166 g/mol. The number of benzene rings is 1. The van der Waals surface area contributed by atoms with E-state index < -0.39 is 0 Å². The fourth-order valence-corrected chi connectivity index (χ4v) is 1.19. The number of aryl methyl sites for hydroxylation is 1. The second-order valence-corrected chi connectivity index (χ2v) is 3.47. The first-order chi connectivity index (χ1) is 5.65. The molecule has 66 valence electrons. The van der Waals surface area contributed by atoms with Crippen LogP contribution in [0.4, 0.5) is 4.39 Å². The Hall–Kier alpha value is -0.850. The molecule has 0 saturated heterocycles. The lowest BCUT2D eigenvalue weighted by Crippen LogP contribution is -1.91. The number of halogens is 1. The number of alkyl halides is 1. The molecular formula is C11H15F. The van der Waals surface area contributed by atoms with Gasteiger partial charge in [0.15, 0.2) is 0 Å². The molecule has 12 heavy (non-hydrogen) atoms. The van der Waals surface area contributed by atoms with Crippen LogP contribution >= 0.6 is 0 Å². The van der Waals surface area contributed by atoms with Crippen LogP contribution in [0.15, 0.2) is 18.2 Å². The van der Waals surface area contributed by atoms with Gasteiger partial charge in [0.05, 0.1) is 0 Å². The van der Waals surface area contributed by atoms with E-state index in [1.54, 1.807) is 0 Å². The fourth-order valence-electron chi connectivity index (χ4n) is 1.19. The Morgan fingerprint density at radius 3 is 2.50 bits per heavy atom. The van der Waals surface area contributed by atoms with Gasteiger partial charge in [-0.1, -0.05) is 32.0 Å². The van der Waals surface area contributed by atoms with Gasteiger partial charge in [0.1, 0.15) is 6.67 Å². The zero-order chi connectivity index (χ0) is 9.14. The molecule has 0 radical (unpaired) electrons. The van der Waals surface area contributed by atoms with E-state index in [-0.39, 0.29) is 6.67 Å². The smallest absolute Gasteiger partial charge is 0.115 e. The molecule has 0 atom stereocenters. The van der Waals surface area contributed by atoms with Crippen molar-refractivity contribution in [3.05, 3.63) is 34.9 Å². The monoisotopic (exact) mass is 166 g/mol. The van der Waals surface area contributed by atoms with Gasteiger partial charge in [0.25, 0.3) is 0 Å². The minimum Gasteiger partial charge on any atom is -0.246 e. The molecule has 0 aliphatic heterocycles. The van der Waals surface area contributed by atoms with E-state index in [0.717, 1.165) is 11.1 Å². The van der Waals surface area contributed by atoms with Crippen LogP contribution in [-0.4, -0.2) is 0 Å². The first-order valence-corrected chi connectivity index (χ1v) is 4.30. The summed E-state index contributed by atoms with van der Waals surface area (Å²) in [5, 5.41) is 0. The summed E-state index contributed by atoms with van der Waals surface area (Å²) in [6.45, 7) is 5.82. The van der Waals surface area contributed by atoms with Crippen molar-refractivity contribution in [2.24, 2.45) is 0 Å². The predicted octanol–water partition coefficient (Wildman–Crippen LogP) is 3.59. The molecule has 0 aliphatic carbocycles. The summed E-state index contributed by atoms with van der Waals surface area (Å²) in [4.78, 5) is 0. The molecule has 0 amide bonds. The van der Waals surface area contributed by atoms with Gasteiger partial charge in [-0.05, 0) is 29.5 Å². The summed E-state index contributed by atoms with van der Waals surface area (Å²) >= 11 is 0. The Kier molecular flexibility index (Phi) is 2.85. The molecular weight excluding hydrogens is 151 g/mol. The fraction of sp³-hybridized carbons (Fsp3) is 0.455.